The van der Waals surface area contributed by atoms with Crippen LogP contribution in [0.4, 0.5) is 0 Å². The van der Waals surface area contributed by atoms with Gasteiger partial charge < -0.3 is 15.1 Å². The van der Waals surface area contributed by atoms with Crippen LogP contribution in [0.25, 0.3) is 0 Å². The topological polar surface area (TPSA) is 52.7 Å². The van der Waals surface area contributed by atoms with Crippen molar-refractivity contribution >= 4 is 47.4 Å². The van der Waals surface area contributed by atoms with Gasteiger partial charge >= 0.3 is 0 Å². The second-order valence-electron chi connectivity index (χ2n) is 6.80. The van der Waals surface area contributed by atoms with E-state index in [4.69, 9.17) is 23.2 Å². The zero-order chi connectivity index (χ0) is 18.0. The minimum atomic E-state index is -0.130. The van der Waals surface area contributed by atoms with Crippen LogP contribution in [0.2, 0.25) is 10.0 Å². The highest BCUT2D eigenvalue weighted by atomic mass is 35.5. The maximum atomic E-state index is 12.7. The molecule has 5 nitrogen and oxygen atoms in total. The largest absolute Gasteiger partial charge is 0.339 e. The molecule has 8 heteroatoms. The van der Waals surface area contributed by atoms with Crippen molar-refractivity contribution < 1.29 is 9.59 Å². The highest BCUT2D eigenvalue weighted by molar-refractivity contribution is 6.43. The number of carbonyl (C=O) groups excluding carboxylic acids is 2. The van der Waals surface area contributed by atoms with Crippen LogP contribution in [0.15, 0.2) is 18.2 Å². The van der Waals surface area contributed by atoms with E-state index in [2.05, 4.69) is 12.2 Å². The van der Waals surface area contributed by atoms with E-state index >= 15 is 0 Å². The Balaban J connectivity index is 0.00000243. The highest BCUT2D eigenvalue weighted by Gasteiger charge is 2.31. The van der Waals surface area contributed by atoms with Gasteiger partial charge in [0.2, 0.25) is 5.91 Å². The number of amides is 2. The molecule has 2 saturated heterocycles. The molecule has 0 aliphatic carbocycles. The average Bonchev–Trinajstić information content (AvgIpc) is 2.63. The van der Waals surface area contributed by atoms with Gasteiger partial charge in [0, 0.05) is 38.1 Å². The number of carbonyl (C=O) groups is 2. The Labute approximate surface area is 170 Å². The lowest BCUT2D eigenvalue weighted by atomic mass is 9.92. The Morgan fingerprint density at radius 3 is 2.42 bits per heavy atom. The van der Waals surface area contributed by atoms with Gasteiger partial charge in [-0.15, -0.1) is 12.4 Å². The number of nitrogens with one attached hydrogen (secondary N) is 1. The van der Waals surface area contributed by atoms with Crippen LogP contribution in [0.1, 0.15) is 30.1 Å². The average molecular weight is 421 g/mol. The minimum absolute atomic E-state index is 0. The Kier molecular flexibility index (Phi) is 7.59. The number of nitrogens with zero attached hydrogens (tertiary/aromatic N) is 2. The van der Waals surface area contributed by atoms with Crippen molar-refractivity contribution in [3.8, 4) is 0 Å². The van der Waals surface area contributed by atoms with Gasteiger partial charge in [0.15, 0.2) is 0 Å². The smallest absolute Gasteiger partial charge is 0.255 e. The number of benzene rings is 1. The molecule has 144 valence electrons. The van der Waals surface area contributed by atoms with Crippen LogP contribution in [-0.2, 0) is 4.79 Å². The number of piperidine rings is 1. The third-order valence-electron chi connectivity index (χ3n) is 5.03. The first-order chi connectivity index (χ1) is 12.0. The molecule has 2 fully saturated rings. The molecule has 3 rings (SSSR count). The highest BCUT2D eigenvalue weighted by Crippen LogP contribution is 2.27. The van der Waals surface area contributed by atoms with Gasteiger partial charge in [0.05, 0.1) is 15.6 Å². The Bertz CT molecular complexity index is 663. The predicted molar refractivity (Wildman–Crippen MR) is 106 cm³/mol. The van der Waals surface area contributed by atoms with Crippen molar-refractivity contribution in [1.82, 2.24) is 15.1 Å². The summed E-state index contributed by atoms with van der Waals surface area (Å²) in [5.74, 6) is 0.192. The first-order valence-corrected chi connectivity index (χ1v) is 9.48. The Morgan fingerprint density at radius 2 is 1.77 bits per heavy atom. The molecule has 2 aliphatic rings. The molecule has 0 unspecified atom stereocenters. The fraction of sp³-hybridized carbons (Fsp3) is 0.556. The van der Waals surface area contributed by atoms with E-state index in [-0.39, 0.29) is 35.2 Å². The molecular weight excluding hydrogens is 397 g/mol. The molecule has 2 heterocycles. The molecule has 0 aromatic heterocycles. The van der Waals surface area contributed by atoms with E-state index < -0.39 is 0 Å². The summed E-state index contributed by atoms with van der Waals surface area (Å²) in [5, 5.41) is 4.04. The molecule has 0 radical (unpaired) electrons. The van der Waals surface area contributed by atoms with Crippen molar-refractivity contribution in [3.63, 3.8) is 0 Å². The van der Waals surface area contributed by atoms with E-state index in [0.717, 1.165) is 19.4 Å². The summed E-state index contributed by atoms with van der Waals surface area (Å²) in [6.45, 7) is 5.19. The van der Waals surface area contributed by atoms with Gasteiger partial charge in [-0.1, -0.05) is 29.3 Å². The molecule has 2 atom stereocenters. The van der Waals surface area contributed by atoms with Crippen LogP contribution < -0.4 is 5.32 Å². The lowest BCUT2D eigenvalue weighted by molar-refractivity contribution is -0.138. The first kappa shape index (κ1) is 21.3. The number of hydrogen-bond acceptors (Lipinski definition) is 3. The number of piperazine rings is 1. The zero-order valence-electron chi connectivity index (χ0n) is 14.7. The minimum Gasteiger partial charge on any atom is -0.339 e. The fourth-order valence-electron chi connectivity index (χ4n) is 3.58. The number of halogens is 3. The summed E-state index contributed by atoms with van der Waals surface area (Å²) in [7, 11) is 0. The first-order valence-electron chi connectivity index (χ1n) is 8.73. The summed E-state index contributed by atoms with van der Waals surface area (Å²) < 4.78 is 0. The number of rotatable bonds is 2. The van der Waals surface area contributed by atoms with Gasteiger partial charge in [-0.05, 0) is 38.4 Å². The molecule has 1 N–H and O–H groups in total. The second-order valence-corrected chi connectivity index (χ2v) is 7.58. The van der Waals surface area contributed by atoms with Crippen molar-refractivity contribution in [2.24, 2.45) is 5.92 Å². The zero-order valence-corrected chi connectivity index (χ0v) is 17.0. The molecule has 1 aromatic carbocycles. The standard InChI is InChI=1S/C18H23Cl2N3O2.ClH/c1-12-11-13(5-6-21-12)17(24)22-7-9-23(10-8-22)18(25)14-3-2-4-15(19)16(14)20;/h2-4,12-13,21H,5-11H2,1H3;1H/t12-,13-;/m0./s1. The van der Waals surface area contributed by atoms with Gasteiger partial charge in [-0.2, -0.15) is 0 Å². The van der Waals surface area contributed by atoms with E-state index in [9.17, 15) is 9.59 Å². The van der Waals surface area contributed by atoms with Crippen LogP contribution in [0.5, 0.6) is 0 Å². The summed E-state index contributed by atoms with van der Waals surface area (Å²) in [6.07, 6.45) is 1.77. The predicted octanol–water partition coefficient (Wildman–Crippen LogP) is 3.09. The van der Waals surface area contributed by atoms with Gasteiger partial charge in [0.25, 0.3) is 5.91 Å². The fourth-order valence-corrected chi connectivity index (χ4v) is 3.97. The van der Waals surface area contributed by atoms with Crippen LogP contribution in [0, 0.1) is 5.92 Å². The third kappa shape index (κ3) is 4.63. The summed E-state index contributed by atoms with van der Waals surface area (Å²) in [4.78, 5) is 29.0. The normalized spacial score (nSPS) is 23.3. The van der Waals surface area contributed by atoms with Crippen LogP contribution >= 0.6 is 35.6 Å². The monoisotopic (exact) mass is 419 g/mol. The van der Waals surface area contributed by atoms with Crippen molar-refractivity contribution in [3.05, 3.63) is 33.8 Å². The molecule has 26 heavy (non-hydrogen) atoms. The molecule has 0 spiro atoms. The lowest BCUT2D eigenvalue weighted by Crippen LogP contribution is -2.53. The maximum Gasteiger partial charge on any atom is 0.255 e. The van der Waals surface area contributed by atoms with E-state index in [0.29, 0.717) is 42.8 Å². The van der Waals surface area contributed by atoms with E-state index in [1.54, 1.807) is 23.1 Å². The van der Waals surface area contributed by atoms with Gasteiger partial charge in [-0.3, -0.25) is 9.59 Å². The van der Waals surface area contributed by atoms with Gasteiger partial charge in [0.1, 0.15) is 0 Å². The molecule has 1 aromatic rings. The quantitative estimate of drug-likeness (QED) is 0.800. The van der Waals surface area contributed by atoms with Crippen molar-refractivity contribution in [2.45, 2.75) is 25.8 Å². The van der Waals surface area contributed by atoms with Crippen molar-refractivity contribution in [2.75, 3.05) is 32.7 Å². The van der Waals surface area contributed by atoms with Crippen LogP contribution in [-0.4, -0.2) is 60.4 Å². The molecule has 0 bridgehead atoms. The Morgan fingerprint density at radius 1 is 1.12 bits per heavy atom. The molecular formula is C18H24Cl3N3O2. The van der Waals surface area contributed by atoms with E-state index in [1.807, 2.05) is 4.90 Å². The number of hydrogen-bond donors (Lipinski definition) is 1. The Hall–Kier alpha value is -1.01. The molecule has 2 amide bonds. The maximum absolute atomic E-state index is 12.7. The lowest BCUT2D eigenvalue weighted by Gasteiger charge is -2.38. The second kappa shape index (κ2) is 9.27. The molecule has 0 saturated carbocycles. The summed E-state index contributed by atoms with van der Waals surface area (Å²) >= 11 is 12.2. The summed E-state index contributed by atoms with van der Waals surface area (Å²) in [6, 6.07) is 5.46. The van der Waals surface area contributed by atoms with Crippen molar-refractivity contribution in [1.29, 1.82) is 0 Å². The SMILES string of the molecule is C[C@H]1C[C@@H](C(=O)N2CCN(C(=O)c3cccc(Cl)c3Cl)CC2)CCN1.Cl. The third-order valence-corrected chi connectivity index (χ3v) is 5.85. The molecule has 2 aliphatic heterocycles. The van der Waals surface area contributed by atoms with E-state index in [1.165, 1.54) is 0 Å². The summed E-state index contributed by atoms with van der Waals surface area (Å²) in [5.41, 5.74) is 0.418. The van der Waals surface area contributed by atoms with Crippen LogP contribution in [0.3, 0.4) is 0 Å². The van der Waals surface area contributed by atoms with Gasteiger partial charge in [-0.25, -0.2) is 0 Å².